The van der Waals surface area contributed by atoms with Gasteiger partial charge in [0.15, 0.2) is 6.61 Å². The van der Waals surface area contributed by atoms with Gasteiger partial charge in [-0.15, -0.1) is 0 Å². The van der Waals surface area contributed by atoms with Gasteiger partial charge in [-0.3, -0.25) is 9.59 Å². The zero-order valence-electron chi connectivity index (χ0n) is 16.9. The Bertz CT molecular complexity index is 840. The van der Waals surface area contributed by atoms with Crippen LogP contribution in [0.1, 0.15) is 31.4 Å². The van der Waals surface area contributed by atoms with E-state index < -0.39 is 6.04 Å². The van der Waals surface area contributed by atoms with Gasteiger partial charge in [0.2, 0.25) is 5.91 Å². The predicted molar refractivity (Wildman–Crippen MR) is 116 cm³/mol. The summed E-state index contributed by atoms with van der Waals surface area (Å²) in [4.78, 5) is 27.1. The molecule has 0 saturated carbocycles. The predicted octanol–water partition coefficient (Wildman–Crippen LogP) is 4.62. The van der Waals surface area contributed by atoms with Crippen LogP contribution in [0.25, 0.3) is 0 Å². The van der Waals surface area contributed by atoms with E-state index >= 15 is 0 Å². The highest BCUT2D eigenvalue weighted by atomic mass is 35.5. The molecule has 2 rings (SSSR count). The summed E-state index contributed by atoms with van der Waals surface area (Å²) in [5.41, 5.74) is 1.81. The third kappa shape index (κ3) is 6.65. The average Bonchev–Trinajstić information content (AvgIpc) is 2.69. The van der Waals surface area contributed by atoms with E-state index in [0.29, 0.717) is 34.3 Å². The minimum atomic E-state index is -0.629. The zero-order valence-corrected chi connectivity index (χ0v) is 18.4. The van der Waals surface area contributed by atoms with E-state index in [1.165, 1.54) is 4.90 Å². The summed E-state index contributed by atoms with van der Waals surface area (Å²) in [6, 6.07) is 11.9. The van der Waals surface area contributed by atoms with Crippen LogP contribution < -0.4 is 10.1 Å². The van der Waals surface area contributed by atoms with E-state index in [0.717, 1.165) is 5.56 Å². The second-order valence-electron chi connectivity index (χ2n) is 6.68. The number of aryl methyl sites for hydroxylation is 1. The molecule has 0 saturated heterocycles. The number of carbonyl (C=O) groups excluding carboxylic acids is 2. The van der Waals surface area contributed by atoms with Crippen LogP contribution in [0, 0.1) is 6.92 Å². The molecule has 0 radical (unpaired) electrons. The van der Waals surface area contributed by atoms with Gasteiger partial charge < -0.3 is 15.0 Å². The molecule has 5 nitrogen and oxygen atoms in total. The van der Waals surface area contributed by atoms with Crippen LogP contribution in [-0.4, -0.2) is 35.9 Å². The Morgan fingerprint density at radius 1 is 1.10 bits per heavy atom. The van der Waals surface area contributed by atoms with Crippen molar-refractivity contribution in [1.29, 1.82) is 0 Å². The number of hydrogen-bond donors (Lipinski definition) is 1. The molecule has 156 valence electrons. The van der Waals surface area contributed by atoms with Crippen LogP contribution in [0.3, 0.4) is 0 Å². The number of amides is 2. The molecule has 0 aliphatic heterocycles. The molecule has 0 aromatic heterocycles. The van der Waals surface area contributed by atoms with Gasteiger partial charge in [0.25, 0.3) is 5.91 Å². The van der Waals surface area contributed by atoms with Gasteiger partial charge in [0, 0.05) is 23.1 Å². The molecule has 1 N–H and O–H groups in total. The van der Waals surface area contributed by atoms with Gasteiger partial charge in [-0.2, -0.15) is 0 Å². The lowest BCUT2D eigenvalue weighted by molar-refractivity contribution is -0.142. The number of likely N-dealkylation sites (N-methyl/N-ethyl adjacent to an activating group) is 1. The Kier molecular flexibility index (Phi) is 8.80. The Morgan fingerprint density at radius 2 is 1.79 bits per heavy atom. The quantitative estimate of drug-likeness (QED) is 0.623. The fourth-order valence-electron chi connectivity index (χ4n) is 2.91. The number of hydrogen-bond acceptors (Lipinski definition) is 3. The number of nitrogens with zero attached hydrogens (tertiary/aromatic N) is 1. The second-order valence-corrected chi connectivity index (χ2v) is 7.52. The molecular weight excluding hydrogens is 411 g/mol. The lowest BCUT2D eigenvalue weighted by atomic mass is 10.1. The largest absolute Gasteiger partial charge is 0.484 e. The molecule has 0 bridgehead atoms. The minimum absolute atomic E-state index is 0.176. The summed E-state index contributed by atoms with van der Waals surface area (Å²) in [5.74, 6) is 0.0953. The number of rotatable bonds is 9. The third-order valence-electron chi connectivity index (χ3n) is 4.48. The maximum Gasteiger partial charge on any atom is 0.261 e. The first-order valence-electron chi connectivity index (χ1n) is 9.56. The fourth-order valence-corrected chi connectivity index (χ4v) is 3.38. The molecule has 0 aliphatic rings. The van der Waals surface area contributed by atoms with Crippen molar-refractivity contribution < 1.29 is 14.3 Å². The molecule has 1 unspecified atom stereocenters. The molecule has 2 aromatic rings. The Hall–Kier alpha value is -2.24. The average molecular weight is 437 g/mol. The Morgan fingerprint density at radius 3 is 2.38 bits per heavy atom. The summed E-state index contributed by atoms with van der Waals surface area (Å²) in [7, 11) is 0. The molecule has 0 heterocycles. The van der Waals surface area contributed by atoms with E-state index in [4.69, 9.17) is 27.9 Å². The summed E-state index contributed by atoms with van der Waals surface area (Å²) in [5, 5.41) is 3.75. The SMILES string of the molecule is CCNC(=O)C(CC)N(Cc1ccc(Cl)cc1Cl)C(=O)COc1ccc(C)cc1. The van der Waals surface area contributed by atoms with E-state index in [1.54, 1.807) is 18.2 Å². The first kappa shape index (κ1) is 23.0. The van der Waals surface area contributed by atoms with E-state index in [2.05, 4.69) is 5.32 Å². The van der Waals surface area contributed by atoms with Crippen LogP contribution in [0.5, 0.6) is 5.75 Å². The van der Waals surface area contributed by atoms with Gasteiger partial charge in [0.1, 0.15) is 11.8 Å². The number of nitrogens with one attached hydrogen (secondary N) is 1. The first-order chi connectivity index (χ1) is 13.8. The number of ether oxygens (including phenoxy) is 1. The summed E-state index contributed by atoms with van der Waals surface area (Å²) >= 11 is 12.3. The van der Waals surface area contributed by atoms with Crippen molar-refractivity contribution in [3.8, 4) is 5.75 Å². The monoisotopic (exact) mass is 436 g/mol. The zero-order chi connectivity index (χ0) is 21.4. The van der Waals surface area contributed by atoms with Crippen LogP contribution in [0.15, 0.2) is 42.5 Å². The molecule has 29 heavy (non-hydrogen) atoms. The maximum atomic E-state index is 13.0. The van der Waals surface area contributed by atoms with E-state index in [1.807, 2.05) is 45.0 Å². The number of halogens is 2. The molecular formula is C22H26Cl2N2O3. The second kappa shape index (κ2) is 11.1. The molecule has 2 amide bonds. The molecule has 0 fully saturated rings. The van der Waals surface area contributed by atoms with Crippen LogP contribution in [0.2, 0.25) is 10.0 Å². The van der Waals surface area contributed by atoms with Crippen molar-refractivity contribution in [2.24, 2.45) is 0 Å². The molecule has 0 spiro atoms. The number of carbonyl (C=O) groups is 2. The highest BCUT2D eigenvalue weighted by molar-refractivity contribution is 6.35. The fraction of sp³-hybridized carbons (Fsp3) is 0.364. The van der Waals surface area contributed by atoms with Gasteiger partial charge in [-0.05, 0) is 50.1 Å². The van der Waals surface area contributed by atoms with Crippen molar-refractivity contribution in [2.75, 3.05) is 13.2 Å². The van der Waals surface area contributed by atoms with E-state index in [9.17, 15) is 9.59 Å². The highest BCUT2D eigenvalue weighted by Crippen LogP contribution is 2.24. The summed E-state index contributed by atoms with van der Waals surface area (Å²) < 4.78 is 5.65. The molecule has 7 heteroatoms. The van der Waals surface area contributed by atoms with Crippen molar-refractivity contribution in [1.82, 2.24) is 10.2 Å². The van der Waals surface area contributed by atoms with Crippen LogP contribution >= 0.6 is 23.2 Å². The van der Waals surface area contributed by atoms with E-state index in [-0.39, 0.29) is 25.0 Å². The van der Waals surface area contributed by atoms with Crippen molar-refractivity contribution in [3.63, 3.8) is 0 Å². The minimum Gasteiger partial charge on any atom is -0.484 e. The van der Waals surface area contributed by atoms with Crippen molar-refractivity contribution in [3.05, 3.63) is 63.6 Å². The Labute approximate surface area is 181 Å². The van der Waals surface area contributed by atoms with Crippen molar-refractivity contribution >= 4 is 35.0 Å². The molecule has 1 atom stereocenters. The smallest absolute Gasteiger partial charge is 0.261 e. The van der Waals surface area contributed by atoms with Crippen molar-refractivity contribution in [2.45, 2.75) is 39.8 Å². The van der Waals surface area contributed by atoms with Gasteiger partial charge in [0.05, 0.1) is 0 Å². The first-order valence-corrected chi connectivity index (χ1v) is 10.3. The topological polar surface area (TPSA) is 58.6 Å². The normalized spacial score (nSPS) is 11.6. The standard InChI is InChI=1S/C22H26Cl2N2O3/c1-4-20(22(28)25-5-2)26(13-16-8-9-17(23)12-19(16)24)21(27)14-29-18-10-6-15(3)7-11-18/h6-12,20H,4-5,13-14H2,1-3H3,(H,25,28). The lowest BCUT2D eigenvalue weighted by Crippen LogP contribution is -2.50. The summed E-state index contributed by atoms with van der Waals surface area (Å²) in [6.45, 7) is 6.17. The van der Waals surface area contributed by atoms with Crippen LogP contribution in [0.4, 0.5) is 0 Å². The van der Waals surface area contributed by atoms with Gasteiger partial charge in [-0.25, -0.2) is 0 Å². The number of benzene rings is 2. The third-order valence-corrected chi connectivity index (χ3v) is 5.06. The van der Waals surface area contributed by atoms with Gasteiger partial charge >= 0.3 is 0 Å². The van der Waals surface area contributed by atoms with Gasteiger partial charge in [-0.1, -0.05) is 53.9 Å². The summed E-state index contributed by atoms with van der Waals surface area (Å²) in [6.07, 6.45) is 0.466. The lowest BCUT2D eigenvalue weighted by Gasteiger charge is -2.30. The Balaban J connectivity index is 2.22. The highest BCUT2D eigenvalue weighted by Gasteiger charge is 2.29. The molecule has 0 aliphatic carbocycles. The maximum absolute atomic E-state index is 13.0. The molecule has 2 aromatic carbocycles. The van der Waals surface area contributed by atoms with Crippen LogP contribution in [-0.2, 0) is 16.1 Å².